The van der Waals surface area contributed by atoms with Crippen LogP contribution in [0.1, 0.15) is 43.2 Å². The van der Waals surface area contributed by atoms with Crippen molar-refractivity contribution in [1.82, 2.24) is 14.5 Å². The molecule has 0 bridgehead atoms. The summed E-state index contributed by atoms with van der Waals surface area (Å²) in [5.74, 6) is 0.157. The summed E-state index contributed by atoms with van der Waals surface area (Å²) in [6, 6.07) is 14.1. The summed E-state index contributed by atoms with van der Waals surface area (Å²) in [7, 11) is 0. The minimum absolute atomic E-state index is 0.157. The molecule has 2 aromatic carbocycles. The summed E-state index contributed by atoms with van der Waals surface area (Å²) in [6.07, 6.45) is 10.2. The molecule has 0 radical (unpaired) electrons. The molecule has 1 aliphatic carbocycles. The Kier molecular flexibility index (Phi) is 6.21. The van der Waals surface area contributed by atoms with Gasteiger partial charge in [-0.25, -0.2) is 9.97 Å². The summed E-state index contributed by atoms with van der Waals surface area (Å²) in [5.41, 5.74) is 2.66. The molecule has 33 heavy (non-hydrogen) atoms. The molecule has 0 saturated heterocycles. The highest BCUT2D eigenvalue weighted by molar-refractivity contribution is 7.22. The molecule has 2 aromatic heterocycles. The number of aromatic nitrogens is 3. The highest BCUT2D eigenvalue weighted by Crippen LogP contribution is 2.44. The fourth-order valence-corrected chi connectivity index (χ4v) is 6.13. The molecule has 1 saturated carbocycles. The Morgan fingerprint density at radius 2 is 1.97 bits per heavy atom. The van der Waals surface area contributed by atoms with Gasteiger partial charge in [0.05, 0.1) is 22.0 Å². The number of thiazole rings is 1. The third kappa shape index (κ3) is 4.30. The number of benzene rings is 2. The van der Waals surface area contributed by atoms with E-state index in [1.165, 1.54) is 0 Å². The van der Waals surface area contributed by atoms with E-state index < -0.39 is 5.41 Å². The number of amides is 1. The summed E-state index contributed by atoms with van der Waals surface area (Å²) in [6.45, 7) is 3.50. The van der Waals surface area contributed by atoms with Crippen molar-refractivity contribution in [3.8, 4) is 0 Å². The average molecular weight is 479 g/mol. The van der Waals surface area contributed by atoms with Crippen LogP contribution in [-0.2, 0) is 16.8 Å². The van der Waals surface area contributed by atoms with Gasteiger partial charge in [0, 0.05) is 30.5 Å². The molecular weight excluding hydrogens is 452 g/mol. The maximum Gasteiger partial charge on any atom is 0.239 e. The van der Waals surface area contributed by atoms with Gasteiger partial charge in [-0.2, -0.15) is 0 Å². The summed E-state index contributed by atoms with van der Waals surface area (Å²) in [4.78, 5) is 25.4. The second-order valence-corrected chi connectivity index (χ2v) is 10.3. The van der Waals surface area contributed by atoms with Crippen LogP contribution in [0.15, 0.2) is 61.2 Å². The maximum absolute atomic E-state index is 14.3. The van der Waals surface area contributed by atoms with Crippen LogP contribution in [0, 0.1) is 6.92 Å². The molecule has 0 aliphatic heterocycles. The normalized spacial score (nSPS) is 15.2. The molecule has 170 valence electrons. The lowest BCUT2D eigenvalue weighted by atomic mass is 9.77. The first kappa shape index (κ1) is 22.1. The first-order chi connectivity index (χ1) is 16.1. The molecule has 0 atom stereocenters. The van der Waals surface area contributed by atoms with Crippen LogP contribution >= 0.6 is 22.9 Å². The number of carbonyl (C=O) groups excluding carboxylic acids is 1. The van der Waals surface area contributed by atoms with Crippen molar-refractivity contribution in [2.45, 2.75) is 51.0 Å². The van der Waals surface area contributed by atoms with Crippen LogP contribution in [-0.4, -0.2) is 27.0 Å². The van der Waals surface area contributed by atoms with Gasteiger partial charge >= 0.3 is 0 Å². The van der Waals surface area contributed by atoms with E-state index in [1.807, 2.05) is 41.7 Å². The molecular formula is C26H27ClN4OS. The molecule has 0 spiro atoms. The zero-order valence-electron chi connectivity index (χ0n) is 18.7. The van der Waals surface area contributed by atoms with Gasteiger partial charge in [0.1, 0.15) is 0 Å². The Hall–Kier alpha value is -2.70. The third-order valence-electron chi connectivity index (χ3n) is 6.71. The van der Waals surface area contributed by atoms with Gasteiger partial charge < -0.3 is 4.57 Å². The van der Waals surface area contributed by atoms with Crippen molar-refractivity contribution in [2.24, 2.45) is 0 Å². The number of rotatable bonds is 7. The van der Waals surface area contributed by atoms with Gasteiger partial charge in [-0.15, -0.1) is 0 Å². The zero-order valence-corrected chi connectivity index (χ0v) is 20.3. The van der Waals surface area contributed by atoms with Crippen LogP contribution in [0.2, 0.25) is 5.02 Å². The van der Waals surface area contributed by atoms with E-state index in [0.717, 1.165) is 65.1 Å². The molecule has 2 heterocycles. The van der Waals surface area contributed by atoms with E-state index in [-0.39, 0.29) is 5.91 Å². The van der Waals surface area contributed by atoms with Gasteiger partial charge in [-0.3, -0.25) is 9.69 Å². The van der Waals surface area contributed by atoms with E-state index in [9.17, 15) is 4.79 Å². The lowest BCUT2D eigenvalue weighted by molar-refractivity contribution is -0.124. The predicted molar refractivity (Wildman–Crippen MR) is 135 cm³/mol. The maximum atomic E-state index is 14.3. The van der Waals surface area contributed by atoms with Crippen molar-refractivity contribution in [3.05, 3.63) is 77.3 Å². The van der Waals surface area contributed by atoms with E-state index in [2.05, 4.69) is 34.7 Å². The van der Waals surface area contributed by atoms with Gasteiger partial charge in [0.25, 0.3) is 0 Å². The molecule has 1 aliphatic rings. The minimum Gasteiger partial charge on any atom is -0.337 e. The largest absolute Gasteiger partial charge is 0.337 e. The van der Waals surface area contributed by atoms with Crippen LogP contribution in [0.25, 0.3) is 10.2 Å². The molecule has 7 heteroatoms. The fraction of sp³-hybridized carbons (Fsp3) is 0.346. The predicted octanol–water partition coefficient (Wildman–Crippen LogP) is 6.39. The van der Waals surface area contributed by atoms with Gasteiger partial charge in [0.15, 0.2) is 5.13 Å². The highest BCUT2D eigenvalue weighted by Gasteiger charge is 2.45. The minimum atomic E-state index is -0.521. The molecule has 1 fully saturated rings. The third-order valence-corrected chi connectivity index (χ3v) is 8.00. The van der Waals surface area contributed by atoms with E-state index >= 15 is 0 Å². The second kappa shape index (κ2) is 9.27. The van der Waals surface area contributed by atoms with E-state index in [0.29, 0.717) is 11.6 Å². The number of anilines is 1. The standard InChI is InChI=1S/C26H27ClN4OS/c1-19-6-4-7-22-23(19)29-25(33-22)31(16-5-15-30-17-14-28-18-30)24(32)26(12-2-3-13-26)20-8-10-21(27)11-9-20/h4,6-11,14,17-18H,2-3,5,12-13,15-16H2,1H3. The molecule has 5 nitrogen and oxygen atoms in total. The van der Waals surface area contributed by atoms with Crippen LogP contribution < -0.4 is 4.90 Å². The van der Waals surface area contributed by atoms with E-state index in [1.54, 1.807) is 17.5 Å². The second-order valence-electron chi connectivity index (χ2n) is 8.83. The molecule has 1 amide bonds. The number of imidazole rings is 1. The zero-order chi connectivity index (χ0) is 22.8. The van der Waals surface area contributed by atoms with Crippen LogP contribution in [0.4, 0.5) is 5.13 Å². The number of halogens is 1. The number of aryl methyl sites for hydroxylation is 2. The van der Waals surface area contributed by atoms with E-state index in [4.69, 9.17) is 16.6 Å². The van der Waals surface area contributed by atoms with Crippen molar-refractivity contribution in [3.63, 3.8) is 0 Å². The van der Waals surface area contributed by atoms with Gasteiger partial charge in [-0.05, 0) is 55.5 Å². The van der Waals surface area contributed by atoms with Crippen molar-refractivity contribution in [2.75, 3.05) is 11.4 Å². The van der Waals surface area contributed by atoms with Crippen molar-refractivity contribution < 1.29 is 4.79 Å². The Labute approximate surface area is 203 Å². The number of fused-ring (bicyclic) bond motifs is 1. The Bertz CT molecular complexity index is 1240. The number of nitrogens with zero attached hydrogens (tertiary/aromatic N) is 4. The Balaban J connectivity index is 1.52. The molecule has 0 N–H and O–H groups in total. The van der Waals surface area contributed by atoms with Crippen molar-refractivity contribution >= 4 is 44.2 Å². The summed E-state index contributed by atoms with van der Waals surface area (Å²) in [5, 5.41) is 1.48. The monoisotopic (exact) mass is 478 g/mol. The summed E-state index contributed by atoms with van der Waals surface area (Å²) >= 11 is 7.77. The number of carbonyl (C=O) groups is 1. The quantitative estimate of drug-likeness (QED) is 0.309. The Morgan fingerprint density at radius 3 is 2.67 bits per heavy atom. The fourth-order valence-electron chi connectivity index (χ4n) is 4.94. The number of hydrogen-bond donors (Lipinski definition) is 0. The molecule has 5 rings (SSSR count). The SMILES string of the molecule is Cc1cccc2sc(N(CCCn3ccnc3)C(=O)C3(c4ccc(Cl)cc4)CCCC3)nc12. The van der Waals surface area contributed by atoms with Gasteiger partial charge in [-0.1, -0.05) is 60.0 Å². The highest BCUT2D eigenvalue weighted by atomic mass is 35.5. The first-order valence-corrected chi connectivity index (χ1v) is 12.7. The smallest absolute Gasteiger partial charge is 0.239 e. The average Bonchev–Trinajstić information content (AvgIpc) is 3.58. The van der Waals surface area contributed by atoms with Crippen molar-refractivity contribution in [1.29, 1.82) is 0 Å². The lowest BCUT2D eigenvalue weighted by Crippen LogP contribution is -2.46. The number of para-hydroxylation sites is 1. The first-order valence-electron chi connectivity index (χ1n) is 11.5. The van der Waals surface area contributed by atoms with Crippen LogP contribution in [0.5, 0.6) is 0 Å². The lowest BCUT2D eigenvalue weighted by Gasteiger charge is -2.34. The molecule has 0 unspecified atom stereocenters. The molecule has 4 aromatic rings. The van der Waals surface area contributed by atoms with Gasteiger partial charge in [0.2, 0.25) is 5.91 Å². The number of hydrogen-bond acceptors (Lipinski definition) is 4. The Morgan fingerprint density at radius 1 is 1.18 bits per heavy atom. The van der Waals surface area contributed by atoms with Crippen LogP contribution in [0.3, 0.4) is 0 Å². The summed E-state index contributed by atoms with van der Waals surface area (Å²) < 4.78 is 3.17. The topological polar surface area (TPSA) is 51.0 Å².